The summed E-state index contributed by atoms with van der Waals surface area (Å²) >= 11 is 7.74. The maximum Gasteiger partial charge on any atom is 0.214 e. The number of imidazole rings is 1. The quantitative estimate of drug-likeness (QED) is 0.505. The molecule has 4 rings (SSSR count). The highest BCUT2D eigenvalue weighted by molar-refractivity contribution is 7.20. The van der Waals surface area contributed by atoms with Crippen LogP contribution in [-0.2, 0) is 5.41 Å². The van der Waals surface area contributed by atoms with Gasteiger partial charge in [0.05, 0.1) is 23.6 Å². The average Bonchev–Trinajstić information content (AvgIpc) is 3.19. The third-order valence-corrected chi connectivity index (χ3v) is 5.33. The van der Waals surface area contributed by atoms with Crippen LogP contribution < -0.4 is 5.32 Å². The van der Waals surface area contributed by atoms with Crippen molar-refractivity contribution < 1.29 is 0 Å². The first-order valence-electron chi connectivity index (χ1n) is 8.70. The minimum Gasteiger partial charge on any atom is -0.348 e. The van der Waals surface area contributed by atoms with Crippen molar-refractivity contribution >= 4 is 33.0 Å². The zero-order valence-corrected chi connectivity index (χ0v) is 16.9. The summed E-state index contributed by atoms with van der Waals surface area (Å²) in [6, 6.07) is 13.5. The first-order chi connectivity index (χ1) is 12.9. The Labute approximate surface area is 167 Å². The molecule has 1 N–H and O–H groups in total. The van der Waals surface area contributed by atoms with Gasteiger partial charge in [0.15, 0.2) is 0 Å². The molecule has 7 heteroatoms. The van der Waals surface area contributed by atoms with Crippen LogP contribution >= 0.6 is 22.9 Å². The van der Waals surface area contributed by atoms with Gasteiger partial charge in [0.2, 0.25) is 10.1 Å². The first-order valence-corrected chi connectivity index (χ1v) is 9.89. The molecule has 0 aliphatic heterocycles. The highest BCUT2D eigenvalue weighted by atomic mass is 35.5. The van der Waals surface area contributed by atoms with Gasteiger partial charge in [-0.25, -0.2) is 9.50 Å². The van der Waals surface area contributed by atoms with Gasteiger partial charge in [0.25, 0.3) is 0 Å². The van der Waals surface area contributed by atoms with E-state index in [1.807, 2.05) is 53.2 Å². The van der Waals surface area contributed by atoms with Crippen LogP contribution in [0, 0.1) is 0 Å². The topological polar surface area (TPSA) is 55.1 Å². The molecule has 0 saturated carbocycles. The maximum atomic E-state index is 6.21. The highest BCUT2D eigenvalue weighted by Crippen LogP contribution is 2.30. The predicted molar refractivity (Wildman–Crippen MR) is 111 cm³/mol. The number of pyridine rings is 1. The van der Waals surface area contributed by atoms with Crippen LogP contribution in [0.4, 0.5) is 5.13 Å². The summed E-state index contributed by atoms with van der Waals surface area (Å²) in [6.45, 7) is 6.44. The molecule has 1 atom stereocenters. The molecule has 1 aromatic carbocycles. The van der Waals surface area contributed by atoms with Crippen LogP contribution in [0.15, 0.2) is 54.9 Å². The molecule has 1 unspecified atom stereocenters. The molecular formula is C20H20ClN5S. The van der Waals surface area contributed by atoms with Gasteiger partial charge in [-0.05, 0) is 29.8 Å². The Balaban J connectivity index is 1.69. The Bertz CT molecular complexity index is 1030. The Hall–Kier alpha value is -2.44. The molecule has 0 aliphatic carbocycles. The van der Waals surface area contributed by atoms with Crippen LogP contribution in [0.3, 0.4) is 0 Å². The van der Waals surface area contributed by atoms with E-state index in [1.54, 1.807) is 6.20 Å². The van der Waals surface area contributed by atoms with E-state index in [4.69, 9.17) is 16.6 Å². The molecule has 138 valence electrons. The predicted octanol–water partition coefficient (Wildman–Crippen LogP) is 5.34. The van der Waals surface area contributed by atoms with Crippen LogP contribution in [0.1, 0.15) is 43.8 Å². The van der Waals surface area contributed by atoms with Gasteiger partial charge in [-0.2, -0.15) is 0 Å². The van der Waals surface area contributed by atoms with E-state index < -0.39 is 0 Å². The number of anilines is 1. The summed E-state index contributed by atoms with van der Waals surface area (Å²) in [5, 5.41) is 9.64. The summed E-state index contributed by atoms with van der Waals surface area (Å²) in [6.07, 6.45) is 3.78. The number of rotatable bonds is 4. The molecule has 27 heavy (non-hydrogen) atoms. The minimum atomic E-state index is -0.150. The van der Waals surface area contributed by atoms with Crippen LogP contribution in [0.2, 0.25) is 5.02 Å². The lowest BCUT2D eigenvalue weighted by molar-refractivity contribution is 0.572. The van der Waals surface area contributed by atoms with Crippen LogP contribution in [0.5, 0.6) is 0 Å². The Morgan fingerprint density at radius 1 is 1.15 bits per heavy atom. The minimum absolute atomic E-state index is 0.00169. The zero-order chi connectivity index (χ0) is 19.0. The monoisotopic (exact) mass is 397 g/mol. The summed E-state index contributed by atoms with van der Waals surface area (Å²) in [5.74, 6) is 0. The zero-order valence-electron chi connectivity index (χ0n) is 15.3. The molecule has 5 nitrogen and oxygen atoms in total. The van der Waals surface area contributed by atoms with E-state index in [2.05, 4.69) is 36.2 Å². The lowest BCUT2D eigenvalue weighted by atomic mass is 9.93. The molecule has 0 bridgehead atoms. The summed E-state index contributed by atoms with van der Waals surface area (Å²) in [7, 11) is 0. The fourth-order valence-corrected chi connectivity index (χ4v) is 3.81. The van der Waals surface area contributed by atoms with Gasteiger partial charge in [-0.1, -0.05) is 61.9 Å². The highest BCUT2D eigenvalue weighted by Gasteiger charge is 2.21. The number of fused-ring (bicyclic) bond motifs is 1. The SMILES string of the molecule is CC(C)(C)c1cn2nc(NC(c3cccc(Cl)c3)c3ccccn3)sc2n1. The summed E-state index contributed by atoms with van der Waals surface area (Å²) in [4.78, 5) is 10.1. The molecule has 0 saturated heterocycles. The number of nitrogens with one attached hydrogen (secondary N) is 1. The van der Waals surface area contributed by atoms with Crippen molar-refractivity contribution in [2.24, 2.45) is 0 Å². The lowest BCUT2D eigenvalue weighted by Gasteiger charge is -2.18. The number of aromatic nitrogens is 4. The van der Waals surface area contributed by atoms with Crippen LogP contribution in [-0.4, -0.2) is 19.6 Å². The Morgan fingerprint density at radius 2 is 2.00 bits per heavy atom. The molecule has 0 fully saturated rings. The van der Waals surface area contributed by atoms with Crippen molar-refractivity contribution in [3.8, 4) is 0 Å². The molecule has 3 heterocycles. The standard InChI is InChI=1S/C20H20ClN5S/c1-20(2,3)16-12-26-19(23-16)27-18(25-26)24-17(15-9-4-5-10-22-15)13-7-6-8-14(21)11-13/h4-12,17H,1-3H3,(H,24,25). The number of hydrogen-bond acceptors (Lipinski definition) is 5. The van der Waals surface area contributed by atoms with Crippen molar-refractivity contribution in [1.29, 1.82) is 0 Å². The van der Waals surface area contributed by atoms with Gasteiger partial charge < -0.3 is 5.32 Å². The fourth-order valence-electron chi connectivity index (χ4n) is 2.80. The van der Waals surface area contributed by atoms with Crippen molar-refractivity contribution in [1.82, 2.24) is 19.6 Å². The molecule has 0 spiro atoms. The largest absolute Gasteiger partial charge is 0.348 e. The smallest absolute Gasteiger partial charge is 0.214 e. The second-order valence-corrected chi connectivity index (χ2v) is 8.79. The van der Waals surface area contributed by atoms with E-state index in [0.29, 0.717) is 5.02 Å². The number of hydrogen-bond donors (Lipinski definition) is 1. The van der Waals surface area contributed by atoms with Crippen LogP contribution in [0.25, 0.3) is 4.96 Å². The molecular weight excluding hydrogens is 378 g/mol. The molecule has 3 aromatic heterocycles. The van der Waals surface area contributed by atoms with E-state index in [-0.39, 0.29) is 11.5 Å². The Morgan fingerprint density at radius 3 is 2.67 bits per heavy atom. The van der Waals surface area contributed by atoms with E-state index >= 15 is 0 Å². The van der Waals surface area contributed by atoms with E-state index in [0.717, 1.165) is 27.0 Å². The van der Waals surface area contributed by atoms with Crippen molar-refractivity contribution in [3.05, 3.63) is 76.8 Å². The molecule has 0 aliphatic rings. The van der Waals surface area contributed by atoms with Gasteiger partial charge in [0.1, 0.15) is 0 Å². The summed E-state index contributed by atoms with van der Waals surface area (Å²) in [5.41, 5.74) is 2.97. The van der Waals surface area contributed by atoms with Crippen molar-refractivity contribution in [2.45, 2.75) is 32.2 Å². The normalized spacial score (nSPS) is 13.0. The Kier molecular flexibility index (Phi) is 4.61. The van der Waals surface area contributed by atoms with E-state index in [9.17, 15) is 0 Å². The third-order valence-electron chi connectivity index (χ3n) is 4.24. The van der Waals surface area contributed by atoms with Gasteiger partial charge in [-0.3, -0.25) is 4.98 Å². The van der Waals surface area contributed by atoms with Crippen molar-refractivity contribution in [2.75, 3.05) is 5.32 Å². The van der Waals surface area contributed by atoms with Crippen molar-refractivity contribution in [3.63, 3.8) is 0 Å². The van der Waals surface area contributed by atoms with Gasteiger partial charge >= 0.3 is 0 Å². The number of benzene rings is 1. The molecule has 0 amide bonds. The van der Waals surface area contributed by atoms with Gasteiger partial charge in [0, 0.05) is 16.6 Å². The lowest BCUT2D eigenvalue weighted by Crippen LogP contribution is -2.14. The molecule has 0 radical (unpaired) electrons. The fraction of sp³-hybridized carbons (Fsp3) is 0.250. The number of nitrogens with zero attached hydrogens (tertiary/aromatic N) is 4. The average molecular weight is 398 g/mol. The van der Waals surface area contributed by atoms with Gasteiger partial charge in [-0.15, -0.1) is 5.10 Å². The second-order valence-electron chi connectivity index (χ2n) is 7.40. The second kappa shape index (κ2) is 6.94. The maximum absolute atomic E-state index is 6.21. The number of halogens is 1. The molecule has 4 aromatic rings. The third kappa shape index (κ3) is 3.82. The van der Waals surface area contributed by atoms with E-state index in [1.165, 1.54) is 11.3 Å². The first kappa shape index (κ1) is 17.9. The summed E-state index contributed by atoms with van der Waals surface area (Å²) < 4.78 is 1.83.